The average molecular weight is 300 g/mol. The number of rotatable bonds is 5. The van der Waals surface area contributed by atoms with Gasteiger partial charge < -0.3 is 10.3 Å². The third-order valence-electron chi connectivity index (χ3n) is 4.01. The molecule has 2 N–H and O–H groups in total. The maximum Gasteiger partial charge on any atom is 0.251 e. The number of fused-ring (bicyclic) bond motifs is 1. The average Bonchev–Trinajstić information content (AvgIpc) is 2.45. The predicted molar refractivity (Wildman–Crippen MR) is 90.3 cm³/mol. The van der Waals surface area contributed by atoms with Crippen molar-refractivity contribution < 1.29 is 4.79 Å². The summed E-state index contributed by atoms with van der Waals surface area (Å²) in [5, 5.41) is 3.95. The second-order valence-electron chi connectivity index (χ2n) is 6.05. The van der Waals surface area contributed by atoms with Crippen LogP contribution in [0.3, 0.4) is 0 Å². The molecule has 0 aliphatic carbocycles. The molecule has 4 heteroatoms. The molecule has 0 saturated carbocycles. The molecule has 0 bridgehead atoms. The Morgan fingerprint density at radius 2 is 2.00 bits per heavy atom. The molecule has 1 aromatic heterocycles. The number of hydrogen-bond acceptors (Lipinski definition) is 2. The van der Waals surface area contributed by atoms with Crippen LogP contribution in [-0.2, 0) is 11.2 Å². The van der Waals surface area contributed by atoms with E-state index in [1.54, 1.807) is 0 Å². The summed E-state index contributed by atoms with van der Waals surface area (Å²) in [5.74, 6) is -0.00531. The van der Waals surface area contributed by atoms with Crippen LogP contribution in [-0.4, -0.2) is 16.9 Å². The highest BCUT2D eigenvalue weighted by Gasteiger charge is 2.09. The molecule has 0 spiro atoms. The van der Waals surface area contributed by atoms with Crippen molar-refractivity contribution in [1.82, 2.24) is 10.3 Å². The number of amides is 1. The van der Waals surface area contributed by atoms with Gasteiger partial charge >= 0.3 is 0 Å². The Morgan fingerprint density at radius 1 is 1.27 bits per heavy atom. The highest BCUT2D eigenvalue weighted by molar-refractivity contribution is 5.83. The Balaban J connectivity index is 2.20. The first-order valence-corrected chi connectivity index (χ1v) is 7.83. The van der Waals surface area contributed by atoms with Crippen LogP contribution in [0.4, 0.5) is 0 Å². The van der Waals surface area contributed by atoms with Crippen LogP contribution in [0.15, 0.2) is 23.0 Å². The predicted octanol–water partition coefficient (Wildman–Crippen LogP) is 2.99. The monoisotopic (exact) mass is 300 g/mol. The number of carbonyl (C=O) groups excluding carboxylic acids is 1. The van der Waals surface area contributed by atoms with Crippen molar-refractivity contribution in [1.29, 1.82) is 0 Å². The number of aromatic nitrogens is 1. The first kappa shape index (κ1) is 16.3. The van der Waals surface area contributed by atoms with Gasteiger partial charge in [-0.1, -0.05) is 18.6 Å². The van der Waals surface area contributed by atoms with Gasteiger partial charge in [0.2, 0.25) is 5.91 Å². The maximum atomic E-state index is 12.2. The Morgan fingerprint density at radius 3 is 2.68 bits per heavy atom. The lowest BCUT2D eigenvalue weighted by atomic mass is 10.0. The molecule has 0 fully saturated rings. The minimum atomic E-state index is -0.101. The normalized spacial score (nSPS) is 12.4. The van der Waals surface area contributed by atoms with Gasteiger partial charge in [-0.3, -0.25) is 9.59 Å². The zero-order valence-electron chi connectivity index (χ0n) is 13.7. The van der Waals surface area contributed by atoms with Crippen LogP contribution in [0.2, 0.25) is 0 Å². The molecule has 0 aliphatic rings. The standard InChI is InChI=1S/C18H24N2O2/c1-5-13(4)19-16(21)7-6-14-10-15-9-11(2)8-12(3)17(15)20-18(14)22/h8-10,13H,5-7H2,1-4H3,(H,19,21)(H,20,22). The zero-order valence-corrected chi connectivity index (χ0v) is 13.7. The van der Waals surface area contributed by atoms with Crippen molar-refractivity contribution in [2.24, 2.45) is 0 Å². The highest BCUT2D eigenvalue weighted by Crippen LogP contribution is 2.18. The van der Waals surface area contributed by atoms with Gasteiger partial charge in [0.05, 0.1) is 5.52 Å². The molecule has 1 aromatic carbocycles. The molecular formula is C18H24N2O2. The minimum Gasteiger partial charge on any atom is -0.354 e. The molecule has 0 radical (unpaired) electrons. The fourth-order valence-corrected chi connectivity index (χ4v) is 2.62. The summed E-state index contributed by atoms with van der Waals surface area (Å²) < 4.78 is 0. The van der Waals surface area contributed by atoms with Crippen molar-refractivity contribution in [2.75, 3.05) is 0 Å². The third-order valence-corrected chi connectivity index (χ3v) is 4.01. The second kappa shape index (κ2) is 6.77. The molecule has 1 atom stereocenters. The molecule has 1 amide bonds. The summed E-state index contributed by atoms with van der Waals surface area (Å²) in [6.45, 7) is 8.04. The lowest BCUT2D eigenvalue weighted by Gasteiger charge is -2.11. The molecule has 2 aromatic rings. The van der Waals surface area contributed by atoms with Crippen LogP contribution in [0.5, 0.6) is 0 Å². The number of nitrogens with one attached hydrogen (secondary N) is 2. The van der Waals surface area contributed by atoms with Gasteiger partial charge in [-0.15, -0.1) is 0 Å². The largest absolute Gasteiger partial charge is 0.354 e. The van der Waals surface area contributed by atoms with E-state index >= 15 is 0 Å². The fraction of sp³-hybridized carbons (Fsp3) is 0.444. The first-order chi connectivity index (χ1) is 10.4. The van der Waals surface area contributed by atoms with Crippen LogP contribution >= 0.6 is 0 Å². The van der Waals surface area contributed by atoms with E-state index in [4.69, 9.17) is 0 Å². The van der Waals surface area contributed by atoms with E-state index < -0.39 is 0 Å². The Labute approximate surface area is 130 Å². The van der Waals surface area contributed by atoms with E-state index in [0.717, 1.165) is 28.5 Å². The summed E-state index contributed by atoms with van der Waals surface area (Å²) >= 11 is 0. The Bertz CT molecular complexity index is 747. The number of pyridine rings is 1. The summed E-state index contributed by atoms with van der Waals surface area (Å²) in [4.78, 5) is 27.0. The van der Waals surface area contributed by atoms with Gasteiger partial charge in [-0.25, -0.2) is 0 Å². The summed E-state index contributed by atoms with van der Waals surface area (Å²) in [7, 11) is 0. The van der Waals surface area contributed by atoms with Gasteiger partial charge in [0.1, 0.15) is 0 Å². The van der Waals surface area contributed by atoms with E-state index in [1.807, 2.05) is 33.8 Å². The minimum absolute atomic E-state index is 0.00531. The molecule has 0 saturated heterocycles. The van der Waals surface area contributed by atoms with E-state index in [9.17, 15) is 9.59 Å². The zero-order chi connectivity index (χ0) is 16.3. The fourth-order valence-electron chi connectivity index (χ4n) is 2.62. The van der Waals surface area contributed by atoms with Crippen molar-refractivity contribution >= 4 is 16.8 Å². The van der Waals surface area contributed by atoms with Gasteiger partial charge in [-0.05, 0) is 56.7 Å². The first-order valence-electron chi connectivity index (χ1n) is 7.83. The van der Waals surface area contributed by atoms with Crippen molar-refractivity contribution in [2.45, 2.75) is 53.0 Å². The molecule has 1 heterocycles. The number of aryl methyl sites for hydroxylation is 3. The van der Waals surface area contributed by atoms with Gasteiger partial charge in [0.15, 0.2) is 0 Å². The summed E-state index contributed by atoms with van der Waals surface area (Å²) in [5.41, 5.74) is 3.67. The SMILES string of the molecule is CCC(C)NC(=O)CCc1cc2cc(C)cc(C)c2[nH]c1=O. The lowest BCUT2D eigenvalue weighted by Crippen LogP contribution is -2.32. The number of carbonyl (C=O) groups is 1. The van der Waals surface area contributed by atoms with Gasteiger partial charge in [0, 0.05) is 18.0 Å². The van der Waals surface area contributed by atoms with Crippen LogP contribution in [0.1, 0.15) is 43.4 Å². The number of aromatic amines is 1. The van der Waals surface area contributed by atoms with Crippen molar-refractivity contribution in [3.05, 3.63) is 45.2 Å². The molecule has 118 valence electrons. The smallest absolute Gasteiger partial charge is 0.251 e. The summed E-state index contributed by atoms with van der Waals surface area (Å²) in [6.07, 6.45) is 1.70. The third kappa shape index (κ3) is 3.75. The van der Waals surface area contributed by atoms with E-state index in [-0.39, 0.29) is 17.5 Å². The van der Waals surface area contributed by atoms with Gasteiger partial charge in [-0.2, -0.15) is 0 Å². The van der Waals surface area contributed by atoms with Crippen LogP contribution < -0.4 is 10.9 Å². The van der Waals surface area contributed by atoms with Gasteiger partial charge in [0.25, 0.3) is 5.56 Å². The van der Waals surface area contributed by atoms with E-state index in [0.29, 0.717) is 18.4 Å². The van der Waals surface area contributed by atoms with E-state index in [2.05, 4.69) is 22.4 Å². The maximum absolute atomic E-state index is 12.2. The topological polar surface area (TPSA) is 62.0 Å². The second-order valence-corrected chi connectivity index (χ2v) is 6.05. The molecule has 22 heavy (non-hydrogen) atoms. The molecule has 1 unspecified atom stereocenters. The lowest BCUT2D eigenvalue weighted by molar-refractivity contribution is -0.121. The molecule has 0 aliphatic heterocycles. The molecular weight excluding hydrogens is 276 g/mol. The van der Waals surface area contributed by atoms with E-state index in [1.165, 1.54) is 0 Å². The summed E-state index contributed by atoms with van der Waals surface area (Å²) in [6, 6.07) is 6.19. The molecule has 2 rings (SSSR count). The Kier molecular flexibility index (Phi) is 5.01. The number of H-pyrrole nitrogens is 1. The highest BCUT2D eigenvalue weighted by atomic mass is 16.1. The van der Waals surface area contributed by atoms with Crippen molar-refractivity contribution in [3.8, 4) is 0 Å². The van der Waals surface area contributed by atoms with Crippen LogP contribution in [0, 0.1) is 13.8 Å². The molecule has 4 nitrogen and oxygen atoms in total. The number of hydrogen-bond donors (Lipinski definition) is 2. The quantitative estimate of drug-likeness (QED) is 0.891. The Hall–Kier alpha value is -2.10. The number of benzene rings is 1. The van der Waals surface area contributed by atoms with Crippen molar-refractivity contribution in [3.63, 3.8) is 0 Å². The van der Waals surface area contributed by atoms with Crippen LogP contribution in [0.25, 0.3) is 10.9 Å².